The molecule has 0 radical (unpaired) electrons. The molecule has 0 spiro atoms. The SMILES string of the molecule is COc1ccc([C@@H]2CCCN2Cc2nnc(C(C)(C)C)o2)cc1OC. The van der Waals surface area contributed by atoms with E-state index in [-0.39, 0.29) is 5.41 Å². The number of rotatable bonds is 5. The van der Waals surface area contributed by atoms with Crippen LogP contribution in [0.25, 0.3) is 0 Å². The molecule has 0 aliphatic carbocycles. The quantitative estimate of drug-likeness (QED) is 0.823. The van der Waals surface area contributed by atoms with Crippen molar-refractivity contribution in [2.45, 2.75) is 51.6 Å². The molecule has 25 heavy (non-hydrogen) atoms. The second kappa shape index (κ2) is 7.04. The monoisotopic (exact) mass is 345 g/mol. The summed E-state index contributed by atoms with van der Waals surface area (Å²) in [4.78, 5) is 2.39. The number of likely N-dealkylation sites (tertiary alicyclic amines) is 1. The van der Waals surface area contributed by atoms with Gasteiger partial charge in [0.15, 0.2) is 11.5 Å². The number of ether oxygens (including phenoxy) is 2. The maximum absolute atomic E-state index is 5.87. The van der Waals surface area contributed by atoms with Gasteiger partial charge in [-0.1, -0.05) is 26.8 Å². The zero-order chi connectivity index (χ0) is 18.0. The predicted octanol–water partition coefficient (Wildman–Crippen LogP) is 3.72. The van der Waals surface area contributed by atoms with Gasteiger partial charge in [-0.05, 0) is 37.1 Å². The molecule has 0 N–H and O–H groups in total. The zero-order valence-electron chi connectivity index (χ0n) is 15.7. The predicted molar refractivity (Wildman–Crippen MR) is 94.9 cm³/mol. The fourth-order valence-corrected chi connectivity index (χ4v) is 3.25. The van der Waals surface area contributed by atoms with Crippen molar-refractivity contribution in [2.24, 2.45) is 0 Å². The van der Waals surface area contributed by atoms with E-state index in [1.165, 1.54) is 5.56 Å². The van der Waals surface area contributed by atoms with Crippen LogP contribution in [0.4, 0.5) is 0 Å². The minimum atomic E-state index is -0.126. The molecule has 2 heterocycles. The van der Waals surface area contributed by atoms with Crippen LogP contribution >= 0.6 is 0 Å². The Balaban J connectivity index is 1.78. The first-order valence-electron chi connectivity index (χ1n) is 8.71. The van der Waals surface area contributed by atoms with Gasteiger partial charge in [-0.25, -0.2) is 0 Å². The van der Waals surface area contributed by atoms with Crippen LogP contribution in [0, 0.1) is 0 Å². The van der Waals surface area contributed by atoms with Crippen molar-refractivity contribution in [3.63, 3.8) is 0 Å². The average Bonchev–Trinajstić information content (AvgIpc) is 3.23. The molecule has 1 atom stereocenters. The highest BCUT2D eigenvalue weighted by Gasteiger charge is 2.29. The van der Waals surface area contributed by atoms with Crippen molar-refractivity contribution in [1.82, 2.24) is 15.1 Å². The topological polar surface area (TPSA) is 60.6 Å². The van der Waals surface area contributed by atoms with E-state index in [0.717, 1.165) is 30.9 Å². The third-order valence-electron chi connectivity index (χ3n) is 4.60. The van der Waals surface area contributed by atoms with Gasteiger partial charge in [-0.15, -0.1) is 10.2 Å². The van der Waals surface area contributed by atoms with Gasteiger partial charge < -0.3 is 13.9 Å². The summed E-state index contributed by atoms with van der Waals surface area (Å²) >= 11 is 0. The van der Waals surface area contributed by atoms with Crippen LogP contribution in [-0.4, -0.2) is 35.9 Å². The first kappa shape index (κ1) is 17.7. The maximum Gasteiger partial charge on any atom is 0.230 e. The van der Waals surface area contributed by atoms with Gasteiger partial charge in [0.05, 0.1) is 20.8 Å². The molecular formula is C19H27N3O3. The normalized spacial score (nSPS) is 18.5. The van der Waals surface area contributed by atoms with Gasteiger partial charge in [0.2, 0.25) is 11.8 Å². The second-order valence-corrected chi connectivity index (χ2v) is 7.49. The number of nitrogens with zero attached hydrogens (tertiary/aromatic N) is 3. The van der Waals surface area contributed by atoms with E-state index in [1.54, 1.807) is 14.2 Å². The third kappa shape index (κ3) is 3.79. The molecule has 2 aromatic rings. The highest BCUT2D eigenvalue weighted by atomic mass is 16.5. The summed E-state index contributed by atoms with van der Waals surface area (Å²) in [6.07, 6.45) is 2.26. The Morgan fingerprint density at radius 3 is 2.56 bits per heavy atom. The van der Waals surface area contributed by atoms with Crippen LogP contribution in [0.5, 0.6) is 11.5 Å². The zero-order valence-corrected chi connectivity index (χ0v) is 15.7. The van der Waals surface area contributed by atoms with Gasteiger partial charge in [0, 0.05) is 11.5 Å². The minimum Gasteiger partial charge on any atom is -0.493 e. The number of methoxy groups -OCH3 is 2. The molecule has 0 saturated carbocycles. The van der Waals surface area contributed by atoms with Crippen molar-refractivity contribution >= 4 is 0 Å². The minimum absolute atomic E-state index is 0.126. The highest BCUT2D eigenvalue weighted by Crippen LogP contribution is 2.37. The van der Waals surface area contributed by atoms with Crippen LogP contribution in [0.2, 0.25) is 0 Å². The number of aromatic nitrogens is 2. The third-order valence-corrected chi connectivity index (χ3v) is 4.60. The van der Waals surface area contributed by atoms with Crippen LogP contribution in [0.3, 0.4) is 0 Å². The molecule has 0 amide bonds. The fraction of sp³-hybridized carbons (Fsp3) is 0.579. The molecule has 1 aliphatic rings. The first-order chi connectivity index (χ1) is 11.9. The molecule has 0 unspecified atom stereocenters. The molecule has 1 fully saturated rings. The van der Waals surface area contributed by atoms with Gasteiger partial charge in [-0.3, -0.25) is 4.90 Å². The molecule has 1 aliphatic heterocycles. The molecule has 0 bridgehead atoms. The van der Waals surface area contributed by atoms with Gasteiger partial charge in [0.1, 0.15) is 0 Å². The molecule has 3 rings (SSSR count). The van der Waals surface area contributed by atoms with Gasteiger partial charge >= 0.3 is 0 Å². The molecule has 6 heteroatoms. The van der Waals surface area contributed by atoms with Crippen LogP contribution in [0.1, 0.15) is 57.0 Å². The Morgan fingerprint density at radius 1 is 1.16 bits per heavy atom. The van der Waals surface area contributed by atoms with Crippen molar-refractivity contribution in [3.05, 3.63) is 35.5 Å². The Kier molecular flexibility index (Phi) is 4.99. The van der Waals surface area contributed by atoms with Gasteiger partial charge in [0.25, 0.3) is 0 Å². The molecule has 136 valence electrons. The van der Waals surface area contributed by atoms with E-state index in [4.69, 9.17) is 13.9 Å². The number of benzene rings is 1. The lowest BCUT2D eigenvalue weighted by Gasteiger charge is -2.24. The second-order valence-electron chi connectivity index (χ2n) is 7.49. The van der Waals surface area contributed by atoms with E-state index >= 15 is 0 Å². The Labute approximate surface area is 149 Å². The Morgan fingerprint density at radius 2 is 1.92 bits per heavy atom. The first-order valence-corrected chi connectivity index (χ1v) is 8.71. The van der Waals surface area contributed by atoms with Crippen LogP contribution < -0.4 is 9.47 Å². The van der Waals surface area contributed by atoms with E-state index < -0.39 is 0 Å². The van der Waals surface area contributed by atoms with Crippen molar-refractivity contribution in [2.75, 3.05) is 20.8 Å². The lowest BCUT2D eigenvalue weighted by Crippen LogP contribution is -2.23. The lowest BCUT2D eigenvalue weighted by molar-refractivity contribution is 0.217. The van der Waals surface area contributed by atoms with E-state index in [2.05, 4.69) is 48.0 Å². The largest absolute Gasteiger partial charge is 0.493 e. The van der Waals surface area contributed by atoms with E-state index in [0.29, 0.717) is 24.4 Å². The van der Waals surface area contributed by atoms with Crippen molar-refractivity contribution in [3.8, 4) is 11.5 Å². The smallest absolute Gasteiger partial charge is 0.230 e. The lowest BCUT2D eigenvalue weighted by atomic mass is 9.97. The molecule has 6 nitrogen and oxygen atoms in total. The Bertz CT molecular complexity index is 721. The maximum atomic E-state index is 5.87. The summed E-state index contributed by atoms with van der Waals surface area (Å²) in [5.74, 6) is 2.88. The number of hydrogen-bond donors (Lipinski definition) is 0. The number of hydrogen-bond acceptors (Lipinski definition) is 6. The summed E-state index contributed by atoms with van der Waals surface area (Å²) in [5, 5.41) is 8.43. The summed E-state index contributed by atoms with van der Waals surface area (Å²) in [5.41, 5.74) is 1.10. The molecular weight excluding hydrogens is 318 g/mol. The van der Waals surface area contributed by atoms with Crippen LogP contribution in [0.15, 0.2) is 22.6 Å². The standard InChI is InChI=1S/C19H27N3O3/c1-19(2,3)18-21-20-17(25-18)12-22-10-6-7-14(22)13-8-9-15(23-4)16(11-13)24-5/h8-9,11,14H,6-7,10,12H2,1-5H3/t14-/m0/s1. The van der Waals surface area contributed by atoms with Crippen molar-refractivity contribution < 1.29 is 13.9 Å². The molecule has 1 saturated heterocycles. The van der Waals surface area contributed by atoms with E-state index in [1.807, 2.05) is 6.07 Å². The summed E-state index contributed by atoms with van der Waals surface area (Å²) in [7, 11) is 3.32. The molecule has 1 aromatic carbocycles. The average molecular weight is 345 g/mol. The fourth-order valence-electron chi connectivity index (χ4n) is 3.25. The van der Waals surface area contributed by atoms with Crippen LogP contribution in [-0.2, 0) is 12.0 Å². The summed E-state index contributed by atoms with van der Waals surface area (Å²) in [6, 6.07) is 6.47. The van der Waals surface area contributed by atoms with Gasteiger partial charge in [-0.2, -0.15) is 0 Å². The summed E-state index contributed by atoms with van der Waals surface area (Å²) in [6.45, 7) is 7.92. The Hall–Kier alpha value is -2.08. The highest BCUT2D eigenvalue weighted by molar-refractivity contribution is 5.44. The van der Waals surface area contributed by atoms with Crippen molar-refractivity contribution in [1.29, 1.82) is 0 Å². The summed E-state index contributed by atoms with van der Waals surface area (Å²) < 4.78 is 16.7. The molecule has 1 aromatic heterocycles. The van der Waals surface area contributed by atoms with E-state index in [9.17, 15) is 0 Å².